The van der Waals surface area contributed by atoms with Gasteiger partial charge in [-0.2, -0.15) is 0 Å². The van der Waals surface area contributed by atoms with E-state index in [0.29, 0.717) is 0 Å². The van der Waals surface area contributed by atoms with Crippen molar-refractivity contribution in [2.45, 2.75) is 6.04 Å². The zero-order chi connectivity index (χ0) is 13.8. The third kappa shape index (κ3) is 2.45. The van der Waals surface area contributed by atoms with E-state index in [1.54, 1.807) is 0 Å². The van der Waals surface area contributed by atoms with Crippen LogP contribution in [0, 0.1) is 0 Å². The summed E-state index contributed by atoms with van der Waals surface area (Å²) in [6.45, 7) is 0. The van der Waals surface area contributed by atoms with Crippen LogP contribution in [0.4, 0.5) is 0 Å². The van der Waals surface area contributed by atoms with Gasteiger partial charge in [-0.1, -0.05) is 78.9 Å². The Kier molecular flexibility index (Phi) is 3.80. The molecule has 20 heavy (non-hydrogen) atoms. The summed E-state index contributed by atoms with van der Waals surface area (Å²) in [5.74, 6) is 0. The predicted molar refractivity (Wildman–Crippen MR) is 89.6 cm³/mol. The number of hydrogen-bond acceptors (Lipinski definition) is 0. The van der Waals surface area contributed by atoms with Crippen molar-refractivity contribution in [3.8, 4) is 22.3 Å². The minimum Gasteiger partial charge on any atom is -0.0622 e. The molecule has 0 saturated carbocycles. The van der Waals surface area contributed by atoms with E-state index in [1.807, 2.05) is 10.2 Å². The van der Waals surface area contributed by atoms with Crippen LogP contribution in [0.3, 0.4) is 0 Å². The number of benzene rings is 3. The molecule has 0 aliphatic carbocycles. The molecule has 0 atom stereocenters. The van der Waals surface area contributed by atoms with Gasteiger partial charge >= 0.3 is 0 Å². The van der Waals surface area contributed by atoms with Crippen molar-refractivity contribution < 1.29 is 0 Å². The van der Waals surface area contributed by atoms with E-state index in [4.69, 9.17) is 0 Å². The van der Waals surface area contributed by atoms with E-state index in [1.165, 1.54) is 27.8 Å². The maximum atomic E-state index is 2.23. The van der Waals surface area contributed by atoms with Crippen LogP contribution >= 0.6 is 0 Å². The molecule has 0 nitrogen and oxygen atoms in total. The molecule has 97 valence electrons. The van der Waals surface area contributed by atoms with Crippen LogP contribution < -0.4 is 0 Å². The van der Waals surface area contributed by atoms with Gasteiger partial charge in [0.05, 0.1) is 0 Å². The molecule has 3 aromatic rings. The van der Waals surface area contributed by atoms with Gasteiger partial charge in [0, 0.05) is 10.2 Å². The molecule has 1 radical (unpaired) electrons. The topological polar surface area (TPSA) is 0 Å². The zero-order valence-electron chi connectivity index (χ0n) is 11.4. The Hall–Kier alpha value is -2.12. The average molecular weight is 273 g/mol. The predicted octanol–water partition coefficient (Wildman–Crippen LogP) is 4.15. The highest BCUT2D eigenvalue weighted by Gasteiger charge is 2.09. The van der Waals surface area contributed by atoms with Gasteiger partial charge < -0.3 is 0 Å². The summed E-state index contributed by atoms with van der Waals surface area (Å²) in [5.41, 5.74) is 6.73. The molecule has 0 N–H and O–H groups in total. The van der Waals surface area contributed by atoms with Gasteiger partial charge in [-0.05, 0) is 33.9 Å². The van der Waals surface area contributed by atoms with Crippen molar-refractivity contribution in [1.29, 1.82) is 0 Å². The second kappa shape index (κ2) is 5.89. The van der Waals surface area contributed by atoms with Crippen molar-refractivity contribution in [1.82, 2.24) is 0 Å². The Morgan fingerprint density at radius 1 is 0.550 bits per heavy atom. The van der Waals surface area contributed by atoms with Crippen LogP contribution in [0.2, 0.25) is 0 Å². The molecule has 0 bridgehead atoms. The second-order valence-electron chi connectivity index (χ2n) is 4.81. The zero-order valence-corrected chi connectivity index (χ0v) is 12.8. The Morgan fingerprint density at radius 3 is 1.40 bits per heavy atom. The lowest BCUT2D eigenvalue weighted by atomic mass is 9.93. The Morgan fingerprint density at radius 2 is 1.00 bits per heavy atom. The highest BCUT2D eigenvalue weighted by Crippen LogP contribution is 2.32. The number of hydrogen-bond donors (Lipinski definition) is 0. The molecule has 0 unspecified atom stereocenters. The fraction of sp³-hybridized carbons (Fsp3) is 0.0526. The summed E-state index contributed by atoms with van der Waals surface area (Å²) >= 11 is 0. The van der Waals surface area contributed by atoms with Crippen molar-refractivity contribution in [2.75, 3.05) is 0 Å². The first-order valence-electron chi connectivity index (χ1n) is 6.92. The first-order chi connectivity index (χ1) is 9.90. The SMILES string of the molecule is [SiH2]Cc1c(-c2ccccc2)cccc1-c1ccccc1. The maximum Gasteiger partial charge on any atom is 0.0138 e. The fourth-order valence-electron chi connectivity index (χ4n) is 2.63. The summed E-state index contributed by atoms with van der Waals surface area (Å²) in [5, 5.41) is 0. The molecular formula is C19H17Si. The second-order valence-corrected chi connectivity index (χ2v) is 5.31. The van der Waals surface area contributed by atoms with Crippen LogP contribution in [0.5, 0.6) is 0 Å². The standard InChI is InChI=1S/C19H17Si/c20-14-19-17(15-8-3-1-4-9-15)12-7-13-18(19)16-10-5-2-6-11-16/h1-13H,14,20H2. The van der Waals surface area contributed by atoms with Gasteiger partial charge in [0.15, 0.2) is 0 Å². The van der Waals surface area contributed by atoms with E-state index in [9.17, 15) is 0 Å². The molecule has 0 saturated heterocycles. The molecule has 0 aliphatic heterocycles. The van der Waals surface area contributed by atoms with Crippen molar-refractivity contribution in [3.63, 3.8) is 0 Å². The molecule has 0 aliphatic rings. The minimum atomic E-state index is 1.06. The molecular weight excluding hydrogens is 256 g/mol. The van der Waals surface area contributed by atoms with E-state index in [0.717, 1.165) is 6.04 Å². The summed E-state index contributed by atoms with van der Waals surface area (Å²) in [4.78, 5) is 0. The first-order valence-corrected chi connectivity index (χ1v) is 7.92. The van der Waals surface area contributed by atoms with Crippen molar-refractivity contribution >= 4 is 10.2 Å². The lowest BCUT2D eigenvalue weighted by Crippen LogP contribution is -1.94. The summed E-state index contributed by atoms with van der Waals surface area (Å²) in [7, 11) is 2.02. The summed E-state index contributed by atoms with van der Waals surface area (Å²) in [6.07, 6.45) is 0. The monoisotopic (exact) mass is 273 g/mol. The fourth-order valence-corrected chi connectivity index (χ4v) is 3.17. The number of rotatable bonds is 3. The Bertz CT molecular complexity index is 630. The van der Waals surface area contributed by atoms with Gasteiger partial charge in [0.2, 0.25) is 0 Å². The summed E-state index contributed by atoms with van der Waals surface area (Å²) < 4.78 is 0. The quantitative estimate of drug-likeness (QED) is 0.629. The van der Waals surface area contributed by atoms with Crippen LogP contribution in [0.25, 0.3) is 22.3 Å². The lowest BCUT2D eigenvalue weighted by Gasteiger charge is -2.14. The van der Waals surface area contributed by atoms with Crippen LogP contribution in [-0.4, -0.2) is 10.2 Å². The largest absolute Gasteiger partial charge is 0.0622 e. The third-order valence-electron chi connectivity index (χ3n) is 3.60. The Labute approximate surface area is 123 Å². The highest BCUT2D eigenvalue weighted by molar-refractivity contribution is 6.09. The van der Waals surface area contributed by atoms with Crippen LogP contribution in [0.15, 0.2) is 78.9 Å². The van der Waals surface area contributed by atoms with E-state index >= 15 is 0 Å². The highest BCUT2D eigenvalue weighted by atomic mass is 28.1. The molecule has 0 aromatic heterocycles. The van der Waals surface area contributed by atoms with Gasteiger partial charge in [-0.25, -0.2) is 0 Å². The average Bonchev–Trinajstić information content (AvgIpc) is 2.55. The molecule has 0 fully saturated rings. The molecule has 3 rings (SSSR count). The molecule has 1 heteroatoms. The van der Waals surface area contributed by atoms with Crippen molar-refractivity contribution in [3.05, 3.63) is 84.4 Å². The molecule has 3 aromatic carbocycles. The van der Waals surface area contributed by atoms with Crippen molar-refractivity contribution in [2.24, 2.45) is 0 Å². The van der Waals surface area contributed by atoms with E-state index < -0.39 is 0 Å². The lowest BCUT2D eigenvalue weighted by molar-refractivity contribution is 1.39. The van der Waals surface area contributed by atoms with E-state index in [2.05, 4.69) is 78.9 Å². The summed E-state index contributed by atoms with van der Waals surface area (Å²) in [6, 6.07) is 29.0. The Balaban J connectivity index is 2.19. The maximum absolute atomic E-state index is 2.23. The molecule has 0 amide bonds. The molecule has 0 heterocycles. The van der Waals surface area contributed by atoms with E-state index in [-0.39, 0.29) is 0 Å². The third-order valence-corrected chi connectivity index (χ3v) is 4.10. The minimum absolute atomic E-state index is 1.06. The van der Waals surface area contributed by atoms with Crippen LogP contribution in [-0.2, 0) is 6.04 Å². The smallest absolute Gasteiger partial charge is 0.0138 e. The first kappa shape index (κ1) is 12.9. The molecule has 0 spiro atoms. The van der Waals surface area contributed by atoms with Crippen LogP contribution in [0.1, 0.15) is 5.56 Å². The van der Waals surface area contributed by atoms with Gasteiger partial charge in [-0.15, -0.1) is 0 Å². The van der Waals surface area contributed by atoms with Gasteiger partial charge in [0.25, 0.3) is 0 Å². The van der Waals surface area contributed by atoms with Gasteiger partial charge in [-0.3, -0.25) is 0 Å². The van der Waals surface area contributed by atoms with Gasteiger partial charge in [0.1, 0.15) is 0 Å². The normalized spacial score (nSPS) is 10.4.